The number of carbonyl (C=O) groups excluding carboxylic acids is 2. The molecule has 7 nitrogen and oxygen atoms in total. The van der Waals surface area contributed by atoms with Crippen LogP contribution in [0, 0.1) is 0 Å². The van der Waals surface area contributed by atoms with Gasteiger partial charge >= 0.3 is 0 Å². The van der Waals surface area contributed by atoms with Crippen LogP contribution < -0.4 is 5.32 Å². The van der Waals surface area contributed by atoms with E-state index < -0.39 is 0 Å². The van der Waals surface area contributed by atoms with Crippen molar-refractivity contribution in [2.24, 2.45) is 0 Å². The Bertz CT molecular complexity index is 667. The Kier molecular flexibility index (Phi) is 4.38. The average molecular weight is 317 g/mol. The number of likely N-dealkylation sites (tertiary alicyclic amines) is 1. The van der Waals surface area contributed by atoms with Crippen molar-refractivity contribution in [3.63, 3.8) is 0 Å². The molecular weight excluding hydrogens is 302 g/mol. The smallest absolute Gasteiger partial charge is 0.277 e. The summed E-state index contributed by atoms with van der Waals surface area (Å²) in [5, 5.41) is 4.91. The third kappa shape index (κ3) is 3.45. The van der Waals surface area contributed by atoms with Gasteiger partial charge in [0.2, 0.25) is 5.91 Å². The van der Waals surface area contributed by atoms with E-state index in [-0.39, 0.29) is 23.9 Å². The molecule has 0 unspecified atom stereocenters. The number of thiazole rings is 1. The van der Waals surface area contributed by atoms with Crippen molar-refractivity contribution in [1.82, 2.24) is 19.9 Å². The molecule has 0 aliphatic carbocycles. The third-order valence-electron chi connectivity index (χ3n) is 3.36. The third-order valence-corrected chi connectivity index (χ3v) is 4.17. The largest absolute Gasteiger partial charge is 0.342 e. The number of carbonyl (C=O) groups is 2. The van der Waals surface area contributed by atoms with Crippen molar-refractivity contribution >= 4 is 28.3 Å². The molecule has 0 spiro atoms. The molecular formula is C14H15N5O2S. The van der Waals surface area contributed by atoms with Gasteiger partial charge in [0.15, 0.2) is 5.13 Å². The van der Waals surface area contributed by atoms with Gasteiger partial charge in [-0.1, -0.05) is 0 Å². The van der Waals surface area contributed by atoms with E-state index in [9.17, 15) is 9.59 Å². The molecule has 1 aliphatic heterocycles. The van der Waals surface area contributed by atoms with Gasteiger partial charge in [-0.05, 0) is 12.8 Å². The second kappa shape index (κ2) is 6.61. The van der Waals surface area contributed by atoms with E-state index in [0.29, 0.717) is 10.8 Å². The SMILES string of the molecule is O=C(Nc1nc(CC(=O)N2CCCC2)cs1)c1cnccn1. The number of rotatable bonds is 4. The standard InChI is InChI=1S/C14H15N5O2S/c20-12(19-5-1-2-6-19)7-10-9-22-14(17-10)18-13(21)11-8-15-3-4-16-11/h3-4,8-9H,1-2,5-7H2,(H,17,18,21). The maximum atomic E-state index is 12.1. The lowest BCUT2D eigenvalue weighted by molar-refractivity contribution is -0.129. The summed E-state index contributed by atoms with van der Waals surface area (Å²) < 4.78 is 0. The maximum absolute atomic E-state index is 12.1. The van der Waals surface area contributed by atoms with Crippen molar-refractivity contribution < 1.29 is 9.59 Å². The quantitative estimate of drug-likeness (QED) is 0.919. The number of nitrogens with one attached hydrogen (secondary N) is 1. The van der Waals surface area contributed by atoms with Gasteiger partial charge in [-0.15, -0.1) is 11.3 Å². The zero-order valence-corrected chi connectivity index (χ0v) is 12.7. The number of hydrogen-bond donors (Lipinski definition) is 1. The van der Waals surface area contributed by atoms with E-state index in [2.05, 4.69) is 20.3 Å². The molecule has 1 N–H and O–H groups in total. The van der Waals surface area contributed by atoms with Crippen molar-refractivity contribution in [2.45, 2.75) is 19.3 Å². The maximum Gasteiger partial charge on any atom is 0.277 e. The second-order valence-electron chi connectivity index (χ2n) is 4.95. The zero-order valence-electron chi connectivity index (χ0n) is 11.9. The molecule has 0 bridgehead atoms. The minimum atomic E-state index is -0.361. The molecule has 0 saturated carbocycles. The van der Waals surface area contributed by atoms with Gasteiger partial charge in [0.1, 0.15) is 5.69 Å². The van der Waals surface area contributed by atoms with Crippen molar-refractivity contribution in [3.05, 3.63) is 35.4 Å². The predicted octanol–water partition coefficient (Wildman–Crippen LogP) is 1.35. The van der Waals surface area contributed by atoms with E-state index in [1.54, 1.807) is 5.38 Å². The molecule has 22 heavy (non-hydrogen) atoms. The summed E-state index contributed by atoms with van der Waals surface area (Å²) in [7, 11) is 0. The Morgan fingerprint density at radius 2 is 2.09 bits per heavy atom. The molecule has 1 saturated heterocycles. The zero-order chi connectivity index (χ0) is 15.4. The first-order valence-electron chi connectivity index (χ1n) is 7.02. The topological polar surface area (TPSA) is 88.1 Å². The lowest BCUT2D eigenvalue weighted by atomic mass is 10.3. The fourth-order valence-corrected chi connectivity index (χ4v) is 2.96. The lowest BCUT2D eigenvalue weighted by Crippen LogP contribution is -2.29. The summed E-state index contributed by atoms with van der Waals surface area (Å²) in [6, 6.07) is 0. The monoisotopic (exact) mass is 317 g/mol. The first-order valence-corrected chi connectivity index (χ1v) is 7.90. The summed E-state index contributed by atoms with van der Waals surface area (Å²) in [5.41, 5.74) is 0.906. The van der Waals surface area contributed by atoms with Gasteiger partial charge in [-0.2, -0.15) is 0 Å². The van der Waals surface area contributed by atoms with Gasteiger partial charge in [0.05, 0.1) is 18.3 Å². The van der Waals surface area contributed by atoms with Crippen LogP contribution in [0.15, 0.2) is 24.0 Å². The van der Waals surface area contributed by atoms with Gasteiger partial charge < -0.3 is 4.90 Å². The summed E-state index contributed by atoms with van der Waals surface area (Å²) in [4.78, 5) is 37.9. The van der Waals surface area contributed by atoms with Gasteiger partial charge in [-0.3, -0.25) is 19.9 Å². The molecule has 1 aliphatic rings. The number of hydrogen-bond acceptors (Lipinski definition) is 6. The Hall–Kier alpha value is -2.35. The van der Waals surface area contributed by atoms with Crippen LogP contribution in [0.3, 0.4) is 0 Å². The molecule has 0 radical (unpaired) electrons. The molecule has 2 aromatic rings. The van der Waals surface area contributed by atoms with Gasteiger partial charge in [0.25, 0.3) is 5.91 Å². The first kappa shape index (κ1) is 14.6. The number of nitrogens with zero attached hydrogens (tertiary/aromatic N) is 4. The fraction of sp³-hybridized carbons (Fsp3) is 0.357. The van der Waals surface area contributed by atoms with Gasteiger partial charge in [0, 0.05) is 30.9 Å². The van der Waals surface area contributed by atoms with Crippen LogP contribution in [0.5, 0.6) is 0 Å². The highest BCUT2D eigenvalue weighted by atomic mass is 32.1. The Morgan fingerprint density at radius 3 is 2.82 bits per heavy atom. The molecule has 3 rings (SSSR count). The highest BCUT2D eigenvalue weighted by Gasteiger charge is 2.19. The van der Waals surface area contributed by atoms with E-state index in [0.717, 1.165) is 25.9 Å². The Morgan fingerprint density at radius 1 is 1.27 bits per heavy atom. The molecule has 114 valence electrons. The van der Waals surface area contributed by atoms with Crippen molar-refractivity contribution in [3.8, 4) is 0 Å². The van der Waals surface area contributed by atoms with Crippen LogP contribution in [0.1, 0.15) is 29.0 Å². The summed E-state index contributed by atoms with van der Waals surface area (Å²) >= 11 is 1.30. The van der Waals surface area contributed by atoms with Crippen LogP contribution >= 0.6 is 11.3 Å². The highest BCUT2D eigenvalue weighted by molar-refractivity contribution is 7.14. The Labute approximate surface area is 131 Å². The van der Waals surface area contributed by atoms with E-state index >= 15 is 0 Å². The summed E-state index contributed by atoms with van der Waals surface area (Å²) in [5.74, 6) is -0.269. The molecule has 1 fully saturated rings. The number of anilines is 1. The summed E-state index contributed by atoms with van der Waals surface area (Å²) in [6.07, 6.45) is 6.77. The van der Waals surface area contributed by atoms with Crippen LogP contribution in [0.4, 0.5) is 5.13 Å². The van der Waals surface area contributed by atoms with E-state index in [4.69, 9.17) is 0 Å². The second-order valence-corrected chi connectivity index (χ2v) is 5.81. The molecule has 8 heteroatoms. The normalized spacial score (nSPS) is 14.1. The fourth-order valence-electron chi connectivity index (χ4n) is 2.26. The molecule has 2 aromatic heterocycles. The predicted molar refractivity (Wildman–Crippen MR) is 81.6 cm³/mol. The number of amides is 2. The molecule has 0 aromatic carbocycles. The minimum absolute atomic E-state index is 0.0922. The molecule has 3 heterocycles. The van der Waals surface area contributed by atoms with E-state index in [1.165, 1.54) is 29.9 Å². The van der Waals surface area contributed by atoms with Crippen LogP contribution in [0.25, 0.3) is 0 Å². The summed E-state index contributed by atoms with van der Waals surface area (Å²) in [6.45, 7) is 1.67. The minimum Gasteiger partial charge on any atom is -0.342 e. The molecule has 2 amide bonds. The van der Waals surface area contributed by atoms with Crippen LogP contribution in [-0.2, 0) is 11.2 Å². The average Bonchev–Trinajstić information content (AvgIpc) is 3.20. The van der Waals surface area contributed by atoms with Crippen molar-refractivity contribution in [2.75, 3.05) is 18.4 Å². The lowest BCUT2D eigenvalue weighted by Gasteiger charge is -2.13. The van der Waals surface area contributed by atoms with Gasteiger partial charge in [-0.25, -0.2) is 9.97 Å². The molecule has 0 atom stereocenters. The number of aromatic nitrogens is 3. The van der Waals surface area contributed by atoms with Crippen molar-refractivity contribution in [1.29, 1.82) is 0 Å². The first-order chi connectivity index (χ1) is 10.7. The van der Waals surface area contributed by atoms with Crippen LogP contribution in [0.2, 0.25) is 0 Å². The van der Waals surface area contributed by atoms with Crippen LogP contribution in [-0.4, -0.2) is 44.8 Å². The highest BCUT2D eigenvalue weighted by Crippen LogP contribution is 2.18. The van der Waals surface area contributed by atoms with E-state index in [1.807, 2.05) is 4.90 Å². The Balaban J connectivity index is 1.59.